The highest BCUT2D eigenvalue weighted by Crippen LogP contribution is 2.28. The Labute approximate surface area is 104 Å². The number of halogens is 1. The number of methoxy groups -OCH3 is 1. The van der Waals surface area contributed by atoms with Gasteiger partial charge in [-0.25, -0.2) is 4.98 Å². The molecule has 2 rings (SSSR count). The fourth-order valence-corrected chi connectivity index (χ4v) is 1.72. The molecule has 2 aromatic rings. The second-order valence-corrected chi connectivity index (χ2v) is 3.90. The van der Waals surface area contributed by atoms with Crippen LogP contribution in [0.5, 0.6) is 5.75 Å². The molecule has 0 radical (unpaired) electrons. The Morgan fingerprint density at radius 1 is 1.47 bits per heavy atom. The van der Waals surface area contributed by atoms with Crippen molar-refractivity contribution in [3.63, 3.8) is 0 Å². The zero-order chi connectivity index (χ0) is 12.3. The molecular weight excluding hydrogens is 240 g/mol. The average molecular weight is 253 g/mol. The Kier molecular flexibility index (Phi) is 3.61. The number of aromatic amines is 1. The third kappa shape index (κ3) is 2.57. The van der Waals surface area contributed by atoms with Crippen molar-refractivity contribution in [1.29, 1.82) is 0 Å². The molecule has 1 aromatic carbocycles. The van der Waals surface area contributed by atoms with Crippen LogP contribution in [0, 0.1) is 0 Å². The van der Waals surface area contributed by atoms with Crippen LogP contribution in [0.1, 0.15) is 5.82 Å². The largest absolute Gasteiger partial charge is 0.497 e. The SMILES string of the molecule is COc1ccc(-c2n[nH]c(CCN)n2)c(Cl)c1. The second-order valence-electron chi connectivity index (χ2n) is 3.49. The van der Waals surface area contributed by atoms with E-state index in [2.05, 4.69) is 15.2 Å². The van der Waals surface area contributed by atoms with Crippen molar-refractivity contribution in [2.45, 2.75) is 6.42 Å². The van der Waals surface area contributed by atoms with E-state index in [0.717, 1.165) is 11.4 Å². The maximum Gasteiger partial charge on any atom is 0.182 e. The minimum Gasteiger partial charge on any atom is -0.497 e. The van der Waals surface area contributed by atoms with Crippen LogP contribution in [-0.2, 0) is 6.42 Å². The third-order valence-electron chi connectivity index (χ3n) is 2.33. The topological polar surface area (TPSA) is 76.8 Å². The number of aromatic nitrogens is 3. The number of nitrogens with one attached hydrogen (secondary N) is 1. The van der Waals surface area contributed by atoms with Crippen LogP contribution in [0.15, 0.2) is 18.2 Å². The number of ether oxygens (including phenoxy) is 1. The van der Waals surface area contributed by atoms with Gasteiger partial charge in [0, 0.05) is 12.0 Å². The zero-order valence-electron chi connectivity index (χ0n) is 9.40. The molecule has 0 aliphatic carbocycles. The maximum atomic E-state index is 6.13. The van der Waals surface area contributed by atoms with Crippen LogP contribution in [0.4, 0.5) is 0 Å². The first-order valence-electron chi connectivity index (χ1n) is 5.20. The number of hydrogen-bond acceptors (Lipinski definition) is 4. The molecule has 1 aromatic heterocycles. The lowest BCUT2D eigenvalue weighted by Gasteiger charge is -2.02. The maximum absolute atomic E-state index is 6.13. The smallest absolute Gasteiger partial charge is 0.182 e. The molecule has 0 atom stereocenters. The first kappa shape index (κ1) is 11.9. The van der Waals surface area contributed by atoms with Crippen LogP contribution in [0.2, 0.25) is 5.02 Å². The molecule has 0 bridgehead atoms. The summed E-state index contributed by atoms with van der Waals surface area (Å²) in [6.45, 7) is 0.533. The summed E-state index contributed by atoms with van der Waals surface area (Å²) in [6, 6.07) is 5.38. The van der Waals surface area contributed by atoms with E-state index in [-0.39, 0.29) is 0 Å². The predicted molar refractivity (Wildman–Crippen MR) is 66.1 cm³/mol. The third-order valence-corrected chi connectivity index (χ3v) is 2.64. The summed E-state index contributed by atoms with van der Waals surface area (Å²) in [4.78, 5) is 4.31. The molecule has 0 spiro atoms. The number of nitrogens with two attached hydrogens (primary N) is 1. The summed E-state index contributed by atoms with van der Waals surface area (Å²) in [5, 5.41) is 7.49. The molecule has 17 heavy (non-hydrogen) atoms. The van der Waals surface area contributed by atoms with Gasteiger partial charge >= 0.3 is 0 Å². The molecule has 0 amide bonds. The van der Waals surface area contributed by atoms with Gasteiger partial charge in [0.05, 0.1) is 12.1 Å². The van der Waals surface area contributed by atoms with Gasteiger partial charge in [0.25, 0.3) is 0 Å². The minimum atomic E-state index is 0.533. The van der Waals surface area contributed by atoms with Crippen molar-refractivity contribution in [2.75, 3.05) is 13.7 Å². The lowest BCUT2D eigenvalue weighted by atomic mass is 10.2. The number of nitrogens with zero attached hydrogens (tertiary/aromatic N) is 2. The summed E-state index contributed by atoms with van der Waals surface area (Å²) < 4.78 is 5.08. The van der Waals surface area contributed by atoms with E-state index in [1.54, 1.807) is 13.2 Å². The molecule has 0 aliphatic rings. The van der Waals surface area contributed by atoms with Crippen molar-refractivity contribution < 1.29 is 4.74 Å². The molecule has 6 heteroatoms. The van der Waals surface area contributed by atoms with Crippen LogP contribution >= 0.6 is 11.6 Å². The Morgan fingerprint density at radius 2 is 2.29 bits per heavy atom. The molecule has 0 saturated carbocycles. The van der Waals surface area contributed by atoms with E-state index in [0.29, 0.717) is 29.6 Å². The second kappa shape index (κ2) is 5.16. The summed E-state index contributed by atoms with van der Waals surface area (Å²) >= 11 is 6.13. The van der Waals surface area contributed by atoms with Gasteiger partial charge in [0.2, 0.25) is 0 Å². The van der Waals surface area contributed by atoms with Gasteiger partial charge in [-0.15, -0.1) is 0 Å². The summed E-state index contributed by atoms with van der Waals surface area (Å²) in [7, 11) is 1.59. The van der Waals surface area contributed by atoms with Crippen LogP contribution in [0.3, 0.4) is 0 Å². The quantitative estimate of drug-likeness (QED) is 0.867. The first-order valence-corrected chi connectivity index (χ1v) is 5.57. The monoisotopic (exact) mass is 252 g/mol. The Hall–Kier alpha value is -1.59. The van der Waals surface area contributed by atoms with Crippen LogP contribution in [0.25, 0.3) is 11.4 Å². The number of hydrogen-bond donors (Lipinski definition) is 2. The van der Waals surface area contributed by atoms with Gasteiger partial charge in [-0.3, -0.25) is 5.10 Å². The molecule has 0 unspecified atom stereocenters. The van der Waals surface area contributed by atoms with Gasteiger partial charge in [0.1, 0.15) is 11.6 Å². The van der Waals surface area contributed by atoms with E-state index < -0.39 is 0 Å². The highest BCUT2D eigenvalue weighted by Gasteiger charge is 2.10. The summed E-state index contributed by atoms with van der Waals surface area (Å²) in [5.41, 5.74) is 6.22. The molecule has 5 nitrogen and oxygen atoms in total. The molecular formula is C11H13ClN4O. The van der Waals surface area contributed by atoms with E-state index in [9.17, 15) is 0 Å². The van der Waals surface area contributed by atoms with Crippen molar-refractivity contribution in [3.05, 3.63) is 29.0 Å². The van der Waals surface area contributed by atoms with Gasteiger partial charge in [-0.2, -0.15) is 5.10 Å². The Balaban J connectivity index is 2.32. The fourth-order valence-electron chi connectivity index (χ4n) is 1.47. The van der Waals surface area contributed by atoms with Crippen molar-refractivity contribution >= 4 is 11.6 Å². The van der Waals surface area contributed by atoms with Crippen molar-refractivity contribution in [2.24, 2.45) is 5.73 Å². The van der Waals surface area contributed by atoms with E-state index in [1.165, 1.54) is 0 Å². The number of rotatable bonds is 4. The zero-order valence-corrected chi connectivity index (χ0v) is 10.2. The van der Waals surface area contributed by atoms with Gasteiger partial charge in [-0.05, 0) is 24.7 Å². The lowest BCUT2D eigenvalue weighted by Crippen LogP contribution is -2.03. The highest BCUT2D eigenvalue weighted by molar-refractivity contribution is 6.33. The highest BCUT2D eigenvalue weighted by atomic mass is 35.5. The number of H-pyrrole nitrogens is 1. The molecule has 90 valence electrons. The summed E-state index contributed by atoms with van der Waals surface area (Å²) in [5.74, 6) is 2.03. The Bertz CT molecular complexity index is 512. The first-order chi connectivity index (χ1) is 8.24. The van der Waals surface area contributed by atoms with Crippen LogP contribution < -0.4 is 10.5 Å². The predicted octanol–water partition coefficient (Wildman–Crippen LogP) is 1.63. The normalized spacial score (nSPS) is 10.5. The molecule has 0 aliphatic heterocycles. The molecule has 0 fully saturated rings. The fraction of sp³-hybridized carbons (Fsp3) is 0.273. The molecule has 0 saturated heterocycles. The van der Waals surface area contributed by atoms with E-state index in [1.807, 2.05) is 12.1 Å². The Morgan fingerprint density at radius 3 is 2.94 bits per heavy atom. The number of benzene rings is 1. The van der Waals surface area contributed by atoms with E-state index in [4.69, 9.17) is 22.1 Å². The van der Waals surface area contributed by atoms with Gasteiger partial charge in [0.15, 0.2) is 5.82 Å². The van der Waals surface area contributed by atoms with E-state index >= 15 is 0 Å². The molecule has 1 heterocycles. The average Bonchev–Trinajstić information content (AvgIpc) is 2.78. The van der Waals surface area contributed by atoms with Gasteiger partial charge in [-0.1, -0.05) is 11.6 Å². The minimum absolute atomic E-state index is 0.533. The lowest BCUT2D eigenvalue weighted by molar-refractivity contribution is 0.415. The standard InChI is InChI=1S/C11H13ClN4O/c1-17-7-2-3-8(9(12)6-7)11-14-10(4-5-13)15-16-11/h2-3,6H,4-5,13H2,1H3,(H,14,15,16). The summed E-state index contributed by atoms with van der Waals surface area (Å²) in [6.07, 6.45) is 0.667. The van der Waals surface area contributed by atoms with Crippen molar-refractivity contribution in [1.82, 2.24) is 15.2 Å². The van der Waals surface area contributed by atoms with Gasteiger partial charge < -0.3 is 10.5 Å². The molecule has 3 N–H and O–H groups in total. The van der Waals surface area contributed by atoms with Crippen molar-refractivity contribution in [3.8, 4) is 17.1 Å². The van der Waals surface area contributed by atoms with Crippen LogP contribution in [-0.4, -0.2) is 28.8 Å².